The molecular weight excluding hydrogens is 322 g/mol. The summed E-state index contributed by atoms with van der Waals surface area (Å²) in [5.74, 6) is 1.67. The SMILES string of the molecule is O=C(Cc1coc(-c2cccs2)n1)N1CCC(NCC2CC2)CC1. The van der Waals surface area contributed by atoms with Crippen molar-refractivity contribution in [3.63, 3.8) is 0 Å². The number of nitrogens with one attached hydrogen (secondary N) is 1. The number of rotatable bonds is 6. The lowest BCUT2D eigenvalue weighted by atomic mass is 10.0. The van der Waals surface area contributed by atoms with Crippen LogP contribution in [-0.2, 0) is 11.2 Å². The molecule has 4 rings (SSSR count). The first-order valence-electron chi connectivity index (χ1n) is 8.77. The standard InChI is InChI=1S/C18H23N3O2S/c22-17(10-15-12-23-18(20-15)16-2-1-9-24-16)21-7-5-14(6-8-21)19-11-13-3-4-13/h1-2,9,12-14,19H,3-8,10-11H2. The second kappa shape index (κ2) is 7.07. The third-order valence-electron chi connectivity index (χ3n) is 4.86. The molecule has 0 atom stereocenters. The maximum absolute atomic E-state index is 12.5. The molecule has 0 bridgehead atoms. The van der Waals surface area contributed by atoms with E-state index in [1.807, 2.05) is 22.4 Å². The third-order valence-corrected chi connectivity index (χ3v) is 5.71. The molecular formula is C18H23N3O2S. The van der Waals surface area contributed by atoms with E-state index in [1.165, 1.54) is 12.8 Å². The molecule has 1 saturated heterocycles. The Morgan fingerprint density at radius 3 is 2.88 bits per heavy atom. The Labute approximate surface area is 146 Å². The molecule has 2 aliphatic rings. The van der Waals surface area contributed by atoms with Crippen molar-refractivity contribution < 1.29 is 9.21 Å². The maximum atomic E-state index is 12.5. The minimum Gasteiger partial charge on any atom is -0.444 e. The number of oxazole rings is 1. The first-order valence-corrected chi connectivity index (χ1v) is 9.65. The third kappa shape index (κ3) is 3.87. The fourth-order valence-electron chi connectivity index (χ4n) is 3.16. The zero-order valence-electron chi connectivity index (χ0n) is 13.7. The quantitative estimate of drug-likeness (QED) is 0.874. The van der Waals surface area contributed by atoms with Gasteiger partial charge in [0.2, 0.25) is 11.8 Å². The van der Waals surface area contributed by atoms with Gasteiger partial charge in [-0.3, -0.25) is 4.79 Å². The highest BCUT2D eigenvalue weighted by Crippen LogP contribution is 2.28. The van der Waals surface area contributed by atoms with Crippen molar-refractivity contribution in [1.29, 1.82) is 0 Å². The van der Waals surface area contributed by atoms with E-state index in [0.717, 1.165) is 49.0 Å². The number of carbonyl (C=O) groups is 1. The molecule has 1 aliphatic carbocycles. The molecule has 128 valence electrons. The number of nitrogens with zero attached hydrogens (tertiary/aromatic N) is 2. The molecule has 3 heterocycles. The van der Waals surface area contributed by atoms with Crippen LogP contribution in [0.2, 0.25) is 0 Å². The zero-order valence-corrected chi connectivity index (χ0v) is 14.6. The number of aromatic nitrogens is 1. The van der Waals surface area contributed by atoms with E-state index < -0.39 is 0 Å². The Bertz CT molecular complexity index is 670. The van der Waals surface area contributed by atoms with Crippen LogP contribution in [0, 0.1) is 5.92 Å². The van der Waals surface area contributed by atoms with Crippen molar-refractivity contribution in [2.24, 2.45) is 5.92 Å². The van der Waals surface area contributed by atoms with Crippen LogP contribution in [0.1, 0.15) is 31.4 Å². The molecule has 2 aromatic heterocycles. The summed E-state index contributed by atoms with van der Waals surface area (Å²) in [5, 5.41) is 5.64. The summed E-state index contributed by atoms with van der Waals surface area (Å²) in [6.07, 6.45) is 6.81. The molecule has 1 N–H and O–H groups in total. The summed E-state index contributed by atoms with van der Waals surface area (Å²) in [6.45, 7) is 2.84. The van der Waals surface area contributed by atoms with Crippen molar-refractivity contribution in [2.45, 2.75) is 38.1 Å². The van der Waals surface area contributed by atoms with Crippen LogP contribution < -0.4 is 5.32 Å². The molecule has 24 heavy (non-hydrogen) atoms. The average molecular weight is 345 g/mol. The monoisotopic (exact) mass is 345 g/mol. The number of hydrogen-bond acceptors (Lipinski definition) is 5. The fourth-order valence-corrected chi connectivity index (χ4v) is 3.81. The maximum Gasteiger partial charge on any atom is 0.236 e. The highest BCUT2D eigenvalue weighted by molar-refractivity contribution is 7.13. The Morgan fingerprint density at radius 1 is 1.33 bits per heavy atom. The van der Waals surface area contributed by atoms with Gasteiger partial charge in [-0.25, -0.2) is 4.98 Å². The lowest BCUT2D eigenvalue weighted by Crippen LogP contribution is -2.45. The summed E-state index contributed by atoms with van der Waals surface area (Å²) in [5.41, 5.74) is 0.720. The van der Waals surface area contributed by atoms with Gasteiger partial charge in [-0.15, -0.1) is 11.3 Å². The van der Waals surface area contributed by atoms with Gasteiger partial charge in [0, 0.05) is 19.1 Å². The minimum absolute atomic E-state index is 0.154. The predicted molar refractivity (Wildman–Crippen MR) is 93.8 cm³/mol. The van der Waals surface area contributed by atoms with Gasteiger partial charge in [0.15, 0.2) is 0 Å². The van der Waals surface area contributed by atoms with Gasteiger partial charge in [-0.1, -0.05) is 6.07 Å². The highest BCUT2D eigenvalue weighted by atomic mass is 32.1. The Kier molecular flexibility index (Phi) is 4.67. The van der Waals surface area contributed by atoms with Crippen LogP contribution in [0.25, 0.3) is 10.8 Å². The van der Waals surface area contributed by atoms with E-state index in [4.69, 9.17) is 4.42 Å². The number of carbonyl (C=O) groups excluding carboxylic acids is 1. The van der Waals surface area contributed by atoms with E-state index in [9.17, 15) is 4.79 Å². The number of hydrogen-bond donors (Lipinski definition) is 1. The van der Waals surface area contributed by atoms with Crippen molar-refractivity contribution in [2.75, 3.05) is 19.6 Å². The van der Waals surface area contributed by atoms with Crippen molar-refractivity contribution in [1.82, 2.24) is 15.2 Å². The van der Waals surface area contributed by atoms with Gasteiger partial charge in [0.1, 0.15) is 6.26 Å². The highest BCUT2D eigenvalue weighted by Gasteiger charge is 2.26. The van der Waals surface area contributed by atoms with Crippen LogP contribution in [0.4, 0.5) is 0 Å². The second-order valence-electron chi connectivity index (χ2n) is 6.80. The Hall–Kier alpha value is -1.66. The van der Waals surface area contributed by atoms with E-state index in [1.54, 1.807) is 17.6 Å². The Morgan fingerprint density at radius 2 is 2.17 bits per heavy atom. The van der Waals surface area contributed by atoms with Crippen LogP contribution in [-0.4, -0.2) is 41.5 Å². The number of piperidine rings is 1. The van der Waals surface area contributed by atoms with E-state index in [-0.39, 0.29) is 5.91 Å². The summed E-state index contributed by atoms with van der Waals surface area (Å²) >= 11 is 1.59. The number of likely N-dealkylation sites (tertiary alicyclic amines) is 1. The summed E-state index contributed by atoms with van der Waals surface area (Å²) in [7, 11) is 0. The van der Waals surface area contributed by atoms with Gasteiger partial charge < -0.3 is 14.6 Å². The van der Waals surface area contributed by atoms with Crippen LogP contribution >= 0.6 is 11.3 Å². The van der Waals surface area contributed by atoms with Gasteiger partial charge in [0.05, 0.1) is 17.0 Å². The first-order chi connectivity index (χ1) is 11.8. The molecule has 1 saturated carbocycles. The fraction of sp³-hybridized carbons (Fsp3) is 0.556. The molecule has 2 fully saturated rings. The van der Waals surface area contributed by atoms with Crippen LogP contribution in [0.5, 0.6) is 0 Å². The van der Waals surface area contributed by atoms with E-state index >= 15 is 0 Å². The molecule has 5 nitrogen and oxygen atoms in total. The summed E-state index contributed by atoms with van der Waals surface area (Å²) < 4.78 is 5.49. The molecule has 0 aromatic carbocycles. The number of thiophene rings is 1. The van der Waals surface area contributed by atoms with Gasteiger partial charge in [-0.2, -0.15) is 0 Å². The van der Waals surface area contributed by atoms with Crippen molar-refractivity contribution in [3.8, 4) is 10.8 Å². The molecule has 0 unspecified atom stereocenters. The van der Waals surface area contributed by atoms with Crippen LogP contribution in [0.15, 0.2) is 28.2 Å². The lowest BCUT2D eigenvalue weighted by molar-refractivity contribution is -0.131. The normalized spacial score (nSPS) is 18.9. The zero-order chi connectivity index (χ0) is 16.4. The molecule has 1 aliphatic heterocycles. The number of amides is 1. The van der Waals surface area contributed by atoms with Gasteiger partial charge >= 0.3 is 0 Å². The molecule has 0 radical (unpaired) electrons. The minimum atomic E-state index is 0.154. The first kappa shape index (κ1) is 15.8. The topological polar surface area (TPSA) is 58.4 Å². The molecule has 2 aromatic rings. The average Bonchev–Trinajstić information content (AvgIpc) is 3.07. The molecule has 6 heteroatoms. The largest absolute Gasteiger partial charge is 0.444 e. The van der Waals surface area contributed by atoms with E-state index in [0.29, 0.717) is 18.4 Å². The molecule has 1 amide bonds. The van der Waals surface area contributed by atoms with Crippen molar-refractivity contribution >= 4 is 17.2 Å². The summed E-state index contributed by atoms with van der Waals surface area (Å²) in [6, 6.07) is 4.52. The predicted octanol–water partition coefficient (Wildman–Crippen LogP) is 2.94. The molecule has 0 spiro atoms. The van der Waals surface area contributed by atoms with Crippen molar-refractivity contribution in [3.05, 3.63) is 29.5 Å². The lowest BCUT2D eigenvalue weighted by Gasteiger charge is -2.32. The smallest absolute Gasteiger partial charge is 0.236 e. The van der Waals surface area contributed by atoms with Crippen LogP contribution in [0.3, 0.4) is 0 Å². The Balaban J connectivity index is 1.26. The summed E-state index contributed by atoms with van der Waals surface area (Å²) in [4.78, 5) is 19.9. The second-order valence-corrected chi connectivity index (χ2v) is 7.75. The van der Waals surface area contributed by atoms with Gasteiger partial charge in [0.25, 0.3) is 0 Å². The van der Waals surface area contributed by atoms with E-state index in [2.05, 4.69) is 10.3 Å². The van der Waals surface area contributed by atoms with Gasteiger partial charge in [-0.05, 0) is 49.6 Å².